The summed E-state index contributed by atoms with van der Waals surface area (Å²) in [7, 11) is 0. The number of halogens is 2. The number of hydrogen-bond donors (Lipinski definition) is 1. The van der Waals surface area contributed by atoms with Gasteiger partial charge in [0, 0.05) is 50.7 Å². The molecule has 1 N–H and O–H groups in total. The number of aromatic nitrogens is 3. The molecule has 2 aromatic heterocycles. The van der Waals surface area contributed by atoms with Crippen molar-refractivity contribution in [2.45, 2.75) is 24.7 Å². The van der Waals surface area contributed by atoms with Gasteiger partial charge < -0.3 is 15.1 Å². The summed E-state index contributed by atoms with van der Waals surface area (Å²) in [5.41, 5.74) is 1.47. The van der Waals surface area contributed by atoms with E-state index in [1.54, 1.807) is 36.7 Å². The van der Waals surface area contributed by atoms with Gasteiger partial charge in [0.1, 0.15) is 11.0 Å². The second-order valence-electron chi connectivity index (χ2n) is 8.03. The average molecular weight is 531 g/mol. The molecule has 1 aliphatic heterocycles. The van der Waals surface area contributed by atoms with Crippen LogP contribution in [-0.4, -0.2) is 63.1 Å². The number of thioether (sulfide) groups is 1. The van der Waals surface area contributed by atoms with Crippen LogP contribution in [0, 0.1) is 0 Å². The zero-order valence-corrected chi connectivity index (χ0v) is 21.4. The zero-order valence-electron chi connectivity index (χ0n) is 19.0. The Morgan fingerprint density at radius 3 is 2.63 bits per heavy atom. The van der Waals surface area contributed by atoms with Gasteiger partial charge in [-0.25, -0.2) is 9.97 Å². The monoisotopic (exact) mass is 530 g/mol. The third-order valence-electron chi connectivity index (χ3n) is 5.55. The van der Waals surface area contributed by atoms with Crippen molar-refractivity contribution in [1.29, 1.82) is 0 Å². The number of hydrogen-bond acceptors (Lipinski definition) is 7. The van der Waals surface area contributed by atoms with Crippen molar-refractivity contribution in [3.8, 4) is 0 Å². The summed E-state index contributed by atoms with van der Waals surface area (Å²) in [5.74, 6) is 0.623. The number of pyridine rings is 1. The molecule has 0 radical (unpaired) electrons. The van der Waals surface area contributed by atoms with Crippen LogP contribution in [0.3, 0.4) is 0 Å². The molecule has 1 saturated heterocycles. The molecule has 1 fully saturated rings. The molecule has 0 spiro atoms. The Bertz CT molecular complexity index is 1200. The quantitative estimate of drug-likeness (QED) is 0.281. The number of anilines is 1. The van der Waals surface area contributed by atoms with Gasteiger partial charge in [0.2, 0.25) is 5.91 Å². The summed E-state index contributed by atoms with van der Waals surface area (Å²) >= 11 is 13.7. The van der Waals surface area contributed by atoms with E-state index in [2.05, 4.69) is 25.2 Å². The number of carbonyl (C=O) groups is 2. The van der Waals surface area contributed by atoms with Crippen LogP contribution in [0.2, 0.25) is 10.2 Å². The highest BCUT2D eigenvalue weighted by atomic mass is 35.5. The predicted molar refractivity (Wildman–Crippen MR) is 138 cm³/mol. The summed E-state index contributed by atoms with van der Waals surface area (Å²) in [6, 6.07) is 12.4. The normalized spacial score (nSPS) is 15.7. The molecule has 1 atom stereocenters. The van der Waals surface area contributed by atoms with Crippen molar-refractivity contribution in [3.63, 3.8) is 0 Å². The Morgan fingerprint density at radius 2 is 1.89 bits per heavy atom. The molecule has 182 valence electrons. The van der Waals surface area contributed by atoms with Gasteiger partial charge in [0.15, 0.2) is 5.16 Å². The van der Waals surface area contributed by atoms with Crippen molar-refractivity contribution in [2.75, 3.05) is 30.3 Å². The molecule has 0 saturated carbocycles. The fourth-order valence-electron chi connectivity index (χ4n) is 3.75. The lowest BCUT2D eigenvalue weighted by atomic mass is 10.1. The lowest BCUT2D eigenvalue weighted by molar-refractivity contribution is -0.118. The van der Waals surface area contributed by atoms with Crippen LogP contribution in [0.5, 0.6) is 0 Å². The summed E-state index contributed by atoms with van der Waals surface area (Å²) in [5, 5.41) is 4.04. The van der Waals surface area contributed by atoms with Crippen LogP contribution in [0.4, 0.5) is 5.82 Å². The Labute approximate surface area is 218 Å². The summed E-state index contributed by atoms with van der Waals surface area (Å²) in [6.07, 6.45) is 3.37. The molecular formula is C24H24Cl2N6O2S. The summed E-state index contributed by atoms with van der Waals surface area (Å²) < 4.78 is 0. The maximum atomic E-state index is 13.0. The molecule has 0 aliphatic carbocycles. The Kier molecular flexibility index (Phi) is 8.43. The Balaban J connectivity index is 1.35. The summed E-state index contributed by atoms with van der Waals surface area (Å²) in [4.78, 5) is 42.0. The van der Waals surface area contributed by atoms with Crippen LogP contribution >= 0.6 is 35.0 Å². The molecule has 8 nitrogen and oxygen atoms in total. The minimum Gasteiger partial charge on any atom is -0.353 e. The van der Waals surface area contributed by atoms with E-state index in [0.29, 0.717) is 52.9 Å². The van der Waals surface area contributed by atoms with Gasteiger partial charge in [-0.15, -0.1) is 0 Å². The molecular weight excluding hydrogens is 507 g/mol. The van der Waals surface area contributed by atoms with Crippen molar-refractivity contribution in [3.05, 3.63) is 76.2 Å². The second kappa shape index (κ2) is 11.7. The van der Waals surface area contributed by atoms with Gasteiger partial charge in [-0.2, -0.15) is 0 Å². The van der Waals surface area contributed by atoms with Gasteiger partial charge in [-0.05, 0) is 36.8 Å². The minimum absolute atomic E-state index is 0.0590. The highest BCUT2D eigenvalue weighted by Crippen LogP contribution is 2.25. The number of piperazine rings is 1. The standard InChI is InChI=1S/C24H24Cl2N6O2S/c1-16-14-31(10-11-32(16)23(34)18-4-2-3-5-19(18)25)21-12-20(26)29-24(30-21)35-15-22(33)28-13-17-6-8-27-9-7-17/h2-9,12,16H,10-11,13-15H2,1H3,(H,28,33). The number of carbonyl (C=O) groups excluding carboxylic acids is 2. The van der Waals surface area contributed by atoms with E-state index in [1.165, 1.54) is 11.8 Å². The smallest absolute Gasteiger partial charge is 0.255 e. The highest BCUT2D eigenvalue weighted by Gasteiger charge is 2.30. The summed E-state index contributed by atoms with van der Waals surface area (Å²) in [6.45, 7) is 4.11. The van der Waals surface area contributed by atoms with Crippen LogP contribution < -0.4 is 10.2 Å². The first kappa shape index (κ1) is 25.2. The number of benzene rings is 1. The van der Waals surface area contributed by atoms with Crippen LogP contribution in [0.25, 0.3) is 0 Å². The Hall–Kier alpha value is -2.88. The largest absolute Gasteiger partial charge is 0.353 e. The van der Waals surface area contributed by atoms with Gasteiger partial charge in [-0.1, -0.05) is 47.1 Å². The highest BCUT2D eigenvalue weighted by molar-refractivity contribution is 7.99. The lowest BCUT2D eigenvalue weighted by Crippen LogP contribution is -2.54. The van der Waals surface area contributed by atoms with E-state index in [-0.39, 0.29) is 23.6 Å². The predicted octanol–water partition coefficient (Wildman–Crippen LogP) is 3.94. The van der Waals surface area contributed by atoms with E-state index >= 15 is 0 Å². The maximum absolute atomic E-state index is 13.0. The SMILES string of the molecule is CC1CN(c2cc(Cl)nc(SCC(=O)NCc3ccncc3)n2)CCN1C(=O)c1ccccc1Cl. The van der Waals surface area contributed by atoms with Crippen LogP contribution in [0.1, 0.15) is 22.8 Å². The Morgan fingerprint density at radius 1 is 1.11 bits per heavy atom. The number of nitrogens with zero attached hydrogens (tertiary/aromatic N) is 5. The lowest BCUT2D eigenvalue weighted by Gasteiger charge is -2.40. The van der Waals surface area contributed by atoms with Crippen LogP contribution in [0.15, 0.2) is 60.0 Å². The van der Waals surface area contributed by atoms with Crippen LogP contribution in [-0.2, 0) is 11.3 Å². The molecule has 4 rings (SSSR count). The van der Waals surface area contributed by atoms with E-state index in [9.17, 15) is 9.59 Å². The zero-order chi connectivity index (χ0) is 24.8. The second-order valence-corrected chi connectivity index (χ2v) is 9.76. The van der Waals surface area contributed by atoms with Gasteiger partial charge in [0.25, 0.3) is 5.91 Å². The van der Waals surface area contributed by atoms with Gasteiger partial charge >= 0.3 is 0 Å². The van der Waals surface area contributed by atoms with Crippen molar-refractivity contribution in [2.24, 2.45) is 0 Å². The molecule has 11 heteroatoms. The molecule has 35 heavy (non-hydrogen) atoms. The fraction of sp³-hybridized carbons (Fsp3) is 0.292. The first-order chi connectivity index (χ1) is 16.9. The molecule has 0 bridgehead atoms. The molecule has 3 aromatic rings. The van der Waals surface area contributed by atoms with Gasteiger partial charge in [0.05, 0.1) is 16.3 Å². The fourth-order valence-corrected chi connectivity index (χ4v) is 4.88. The topological polar surface area (TPSA) is 91.3 Å². The van der Waals surface area contributed by atoms with E-state index in [4.69, 9.17) is 23.2 Å². The number of nitrogens with one attached hydrogen (secondary N) is 1. The molecule has 1 unspecified atom stereocenters. The first-order valence-corrected chi connectivity index (χ1v) is 12.8. The molecule has 3 heterocycles. The third-order valence-corrected chi connectivity index (χ3v) is 6.92. The van der Waals surface area contributed by atoms with Crippen molar-refractivity contribution < 1.29 is 9.59 Å². The van der Waals surface area contributed by atoms with Crippen molar-refractivity contribution >= 4 is 52.6 Å². The van der Waals surface area contributed by atoms with E-state index in [1.807, 2.05) is 30.0 Å². The molecule has 1 aromatic carbocycles. The average Bonchev–Trinajstić information content (AvgIpc) is 2.86. The molecule has 1 aliphatic rings. The van der Waals surface area contributed by atoms with Gasteiger partial charge in [-0.3, -0.25) is 14.6 Å². The molecule has 2 amide bonds. The third kappa shape index (κ3) is 6.62. The number of amides is 2. The van der Waals surface area contributed by atoms with E-state index in [0.717, 1.165) is 5.56 Å². The van der Waals surface area contributed by atoms with E-state index < -0.39 is 0 Å². The number of rotatable bonds is 7. The first-order valence-electron chi connectivity index (χ1n) is 11.0. The van der Waals surface area contributed by atoms with Crippen molar-refractivity contribution in [1.82, 2.24) is 25.2 Å². The maximum Gasteiger partial charge on any atom is 0.255 e. The minimum atomic E-state index is -0.128.